The number of ether oxygens (including phenoxy) is 2. The molecule has 3 aromatic rings. The normalized spacial score (nSPS) is 14.0. The Labute approximate surface area is 149 Å². The summed E-state index contributed by atoms with van der Waals surface area (Å²) in [6.45, 7) is 0.371. The van der Waals surface area contributed by atoms with Crippen molar-refractivity contribution in [2.75, 3.05) is 13.2 Å². The van der Waals surface area contributed by atoms with E-state index in [-0.39, 0.29) is 10.6 Å². The second-order valence-corrected chi connectivity index (χ2v) is 7.79. The number of aromatic nitrogens is 1. The third-order valence-electron chi connectivity index (χ3n) is 4.01. The van der Waals surface area contributed by atoms with Crippen molar-refractivity contribution in [3.63, 3.8) is 0 Å². The lowest BCUT2D eigenvalue weighted by Crippen LogP contribution is -2.18. The predicted molar refractivity (Wildman–Crippen MR) is 92.9 cm³/mol. The monoisotopic (exact) mass is 379 g/mol. The van der Waals surface area contributed by atoms with E-state index in [4.69, 9.17) is 21.1 Å². The molecule has 6 nitrogen and oxygen atoms in total. The molecule has 0 atom stereocenters. The molecule has 0 saturated heterocycles. The van der Waals surface area contributed by atoms with Crippen LogP contribution in [0.25, 0.3) is 10.9 Å². The Balaban J connectivity index is 1.92. The van der Waals surface area contributed by atoms with Crippen LogP contribution in [0.3, 0.4) is 0 Å². The highest BCUT2D eigenvalue weighted by molar-refractivity contribution is 7.90. The standard InChI is InChI=1S/C17H14ClNO5S/c18-12-1-3-15-11(7-12)8-13(10-20)19(15)25(21,22)14-2-4-16-17(9-14)24-6-5-23-16/h1-4,7-9,20H,5-6,10H2. The number of aliphatic hydroxyl groups is 1. The summed E-state index contributed by atoms with van der Waals surface area (Å²) in [6, 6.07) is 11.0. The number of nitrogens with zero attached hydrogens (tertiary/aromatic N) is 1. The summed E-state index contributed by atoms with van der Waals surface area (Å²) in [4.78, 5) is 0.0545. The Hall–Kier alpha value is -2.22. The van der Waals surface area contributed by atoms with Crippen LogP contribution in [0, 0.1) is 0 Å². The fraction of sp³-hybridized carbons (Fsp3) is 0.176. The minimum absolute atomic E-state index is 0.0545. The quantitative estimate of drug-likeness (QED) is 0.757. The average molecular weight is 380 g/mol. The highest BCUT2D eigenvalue weighted by Gasteiger charge is 2.25. The van der Waals surface area contributed by atoms with Crippen molar-refractivity contribution in [3.8, 4) is 11.5 Å². The van der Waals surface area contributed by atoms with Gasteiger partial charge in [-0.15, -0.1) is 0 Å². The van der Waals surface area contributed by atoms with Crippen LogP contribution >= 0.6 is 11.6 Å². The number of hydrogen-bond acceptors (Lipinski definition) is 5. The number of aliphatic hydroxyl groups excluding tert-OH is 1. The first-order valence-electron chi connectivity index (χ1n) is 7.57. The van der Waals surface area contributed by atoms with Crippen molar-refractivity contribution >= 4 is 32.5 Å². The number of fused-ring (bicyclic) bond motifs is 2. The fourth-order valence-electron chi connectivity index (χ4n) is 2.90. The number of hydrogen-bond donors (Lipinski definition) is 1. The summed E-state index contributed by atoms with van der Waals surface area (Å²) in [5.41, 5.74) is 0.704. The second kappa shape index (κ2) is 5.94. The lowest BCUT2D eigenvalue weighted by Gasteiger charge is -2.19. The van der Waals surface area contributed by atoms with Gasteiger partial charge in [0.1, 0.15) is 13.2 Å². The molecule has 1 aromatic heterocycles. The third kappa shape index (κ3) is 2.64. The van der Waals surface area contributed by atoms with Gasteiger partial charge in [0.15, 0.2) is 11.5 Å². The Morgan fingerprint density at radius 2 is 1.80 bits per heavy atom. The van der Waals surface area contributed by atoms with Crippen LogP contribution in [0.2, 0.25) is 5.02 Å². The zero-order valence-corrected chi connectivity index (χ0v) is 14.5. The Morgan fingerprint density at radius 3 is 2.56 bits per heavy atom. The van der Waals surface area contributed by atoms with Gasteiger partial charge in [0, 0.05) is 16.5 Å². The molecule has 1 aliphatic rings. The van der Waals surface area contributed by atoms with Crippen LogP contribution in [-0.4, -0.2) is 30.7 Å². The maximum Gasteiger partial charge on any atom is 0.268 e. The molecule has 2 heterocycles. The molecule has 1 N–H and O–H groups in total. The molecule has 2 aromatic carbocycles. The molecule has 0 bridgehead atoms. The minimum Gasteiger partial charge on any atom is -0.486 e. The van der Waals surface area contributed by atoms with Gasteiger partial charge < -0.3 is 14.6 Å². The van der Waals surface area contributed by atoms with Gasteiger partial charge in [-0.05, 0) is 36.4 Å². The topological polar surface area (TPSA) is 77.8 Å². The molecule has 0 fully saturated rings. The Kier molecular flexibility index (Phi) is 3.87. The first-order chi connectivity index (χ1) is 12.0. The Morgan fingerprint density at radius 1 is 1.04 bits per heavy atom. The van der Waals surface area contributed by atoms with Crippen LogP contribution in [0.1, 0.15) is 5.69 Å². The van der Waals surface area contributed by atoms with E-state index in [0.29, 0.717) is 40.6 Å². The summed E-state index contributed by atoms with van der Waals surface area (Å²) in [5.74, 6) is 0.897. The second-order valence-electron chi connectivity index (χ2n) is 5.57. The van der Waals surface area contributed by atoms with Crippen LogP contribution < -0.4 is 9.47 Å². The van der Waals surface area contributed by atoms with Gasteiger partial charge in [-0.1, -0.05) is 11.6 Å². The van der Waals surface area contributed by atoms with Gasteiger partial charge in [0.25, 0.3) is 10.0 Å². The number of halogens is 1. The molecule has 1 aliphatic heterocycles. The van der Waals surface area contributed by atoms with Gasteiger partial charge in [-0.3, -0.25) is 0 Å². The molecular weight excluding hydrogens is 366 g/mol. The van der Waals surface area contributed by atoms with Gasteiger partial charge in [0.05, 0.1) is 22.7 Å². The lowest BCUT2D eigenvalue weighted by molar-refractivity contribution is 0.171. The SMILES string of the molecule is O=S(=O)(c1ccc2c(c1)OCCO2)n1c(CO)cc2cc(Cl)ccc21. The maximum atomic E-state index is 13.2. The van der Waals surface area contributed by atoms with Gasteiger partial charge in [-0.2, -0.15) is 0 Å². The van der Waals surface area contributed by atoms with Crippen LogP contribution in [0.5, 0.6) is 11.5 Å². The highest BCUT2D eigenvalue weighted by atomic mass is 35.5. The molecule has 4 rings (SSSR count). The third-order valence-corrected chi connectivity index (χ3v) is 6.00. The van der Waals surface area contributed by atoms with Crippen LogP contribution in [-0.2, 0) is 16.6 Å². The van der Waals surface area contributed by atoms with E-state index in [2.05, 4.69) is 0 Å². The van der Waals surface area contributed by atoms with E-state index in [9.17, 15) is 13.5 Å². The zero-order chi connectivity index (χ0) is 17.6. The molecular formula is C17H14ClNO5S. The smallest absolute Gasteiger partial charge is 0.268 e. The summed E-state index contributed by atoms with van der Waals surface area (Å²) in [7, 11) is -3.93. The van der Waals surface area contributed by atoms with Crippen LogP contribution in [0.4, 0.5) is 0 Å². The van der Waals surface area contributed by atoms with Crippen molar-refractivity contribution in [2.45, 2.75) is 11.5 Å². The van der Waals surface area contributed by atoms with Crippen molar-refractivity contribution < 1.29 is 23.0 Å². The largest absolute Gasteiger partial charge is 0.486 e. The average Bonchev–Trinajstić information content (AvgIpc) is 2.99. The summed E-state index contributed by atoms with van der Waals surface area (Å²) in [5, 5.41) is 10.8. The minimum atomic E-state index is -3.93. The zero-order valence-electron chi connectivity index (χ0n) is 13.0. The van der Waals surface area contributed by atoms with Crippen molar-refractivity contribution in [1.82, 2.24) is 3.97 Å². The van der Waals surface area contributed by atoms with Crippen LogP contribution in [0.15, 0.2) is 47.4 Å². The van der Waals surface area contributed by atoms with Gasteiger partial charge in [0.2, 0.25) is 0 Å². The first-order valence-corrected chi connectivity index (χ1v) is 9.38. The predicted octanol–water partition coefficient (Wildman–Crippen LogP) is 2.80. The molecule has 0 saturated carbocycles. The van der Waals surface area contributed by atoms with E-state index in [1.54, 1.807) is 30.3 Å². The highest BCUT2D eigenvalue weighted by Crippen LogP contribution is 2.34. The van der Waals surface area contributed by atoms with Crippen molar-refractivity contribution in [1.29, 1.82) is 0 Å². The Bertz CT molecular complexity index is 1070. The molecule has 8 heteroatoms. The van der Waals surface area contributed by atoms with E-state index in [1.807, 2.05) is 0 Å². The first kappa shape index (κ1) is 16.3. The maximum absolute atomic E-state index is 13.2. The van der Waals surface area contributed by atoms with E-state index in [0.717, 1.165) is 3.97 Å². The lowest BCUT2D eigenvalue weighted by atomic mass is 10.2. The molecule has 0 unspecified atom stereocenters. The molecule has 0 spiro atoms. The number of rotatable bonds is 3. The summed E-state index contributed by atoms with van der Waals surface area (Å²) in [6.07, 6.45) is 0. The summed E-state index contributed by atoms with van der Waals surface area (Å²) >= 11 is 5.98. The number of benzene rings is 2. The molecule has 0 radical (unpaired) electrons. The van der Waals surface area contributed by atoms with Crippen molar-refractivity contribution in [2.24, 2.45) is 0 Å². The van der Waals surface area contributed by atoms with E-state index < -0.39 is 16.6 Å². The van der Waals surface area contributed by atoms with Gasteiger partial charge in [-0.25, -0.2) is 12.4 Å². The van der Waals surface area contributed by atoms with E-state index >= 15 is 0 Å². The fourth-order valence-corrected chi connectivity index (χ4v) is 4.63. The molecule has 0 aliphatic carbocycles. The van der Waals surface area contributed by atoms with Crippen molar-refractivity contribution in [3.05, 3.63) is 53.2 Å². The van der Waals surface area contributed by atoms with E-state index in [1.165, 1.54) is 12.1 Å². The molecule has 0 amide bonds. The van der Waals surface area contributed by atoms with Gasteiger partial charge >= 0.3 is 0 Å². The molecule has 25 heavy (non-hydrogen) atoms. The molecule has 130 valence electrons. The summed E-state index contributed by atoms with van der Waals surface area (Å²) < 4.78 is 38.4.